The molecule has 6 heteroatoms. The maximum atomic E-state index is 8.94. The molecular formula is C13H18BrN3O2. The summed E-state index contributed by atoms with van der Waals surface area (Å²) in [7, 11) is 0. The summed E-state index contributed by atoms with van der Waals surface area (Å²) in [5.41, 5.74) is 7.32. The highest BCUT2D eigenvalue weighted by molar-refractivity contribution is 9.10. The molecule has 0 spiro atoms. The van der Waals surface area contributed by atoms with Crippen molar-refractivity contribution in [1.82, 2.24) is 0 Å². The Morgan fingerprint density at radius 1 is 1.53 bits per heavy atom. The van der Waals surface area contributed by atoms with Crippen LogP contribution in [0, 0.1) is 0 Å². The lowest BCUT2D eigenvalue weighted by Crippen LogP contribution is -2.53. The first-order chi connectivity index (χ1) is 8.95. The third-order valence-electron chi connectivity index (χ3n) is 3.28. The van der Waals surface area contributed by atoms with Crippen LogP contribution in [0.2, 0.25) is 0 Å². The van der Waals surface area contributed by atoms with Gasteiger partial charge < -0.3 is 20.6 Å². The van der Waals surface area contributed by atoms with Gasteiger partial charge in [0.15, 0.2) is 5.84 Å². The number of oxime groups is 1. The first-order valence-corrected chi connectivity index (χ1v) is 6.88. The van der Waals surface area contributed by atoms with Crippen molar-refractivity contribution in [1.29, 1.82) is 0 Å². The predicted octanol–water partition coefficient (Wildman–Crippen LogP) is 2.16. The van der Waals surface area contributed by atoms with Gasteiger partial charge in [0, 0.05) is 22.3 Å². The zero-order chi connectivity index (χ0) is 14.0. The van der Waals surface area contributed by atoms with Crippen molar-refractivity contribution < 1.29 is 9.94 Å². The van der Waals surface area contributed by atoms with E-state index in [1.54, 1.807) is 0 Å². The molecule has 0 saturated carbocycles. The Kier molecular flexibility index (Phi) is 4.01. The van der Waals surface area contributed by atoms with Gasteiger partial charge in [-0.1, -0.05) is 21.1 Å². The van der Waals surface area contributed by atoms with Crippen molar-refractivity contribution >= 4 is 27.5 Å². The van der Waals surface area contributed by atoms with Crippen LogP contribution in [0.1, 0.15) is 19.4 Å². The Bertz CT molecular complexity index is 503. The summed E-state index contributed by atoms with van der Waals surface area (Å²) in [5.74, 6) is 0.110. The van der Waals surface area contributed by atoms with Crippen LogP contribution in [0.25, 0.3) is 0 Å². The lowest BCUT2D eigenvalue weighted by molar-refractivity contribution is 0.0644. The van der Waals surface area contributed by atoms with Crippen LogP contribution >= 0.6 is 15.9 Å². The van der Waals surface area contributed by atoms with Crippen LogP contribution in [0.4, 0.5) is 5.69 Å². The maximum absolute atomic E-state index is 8.94. The second-order valence-corrected chi connectivity index (χ2v) is 6.08. The maximum Gasteiger partial charge on any atom is 0.172 e. The quantitative estimate of drug-likeness (QED) is 0.378. The second-order valence-electron chi connectivity index (χ2n) is 5.16. The van der Waals surface area contributed by atoms with Crippen LogP contribution in [-0.4, -0.2) is 36.3 Å². The second kappa shape index (κ2) is 5.38. The molecule has 5 nitrogen and oxygen atoms in total. The molecule has 1 saturated heterocycles. The average molecular weight is 328 g/mol. The molecule has 104 valence electrons. The third kappa shape index (κ3) is 2.84. The Labute approximate surface area is 121 Å². The molecule has 0 unspecified atom stereocenters. The van der Waals surface area contributed by atoms with Crippen molar-refractivity contribution in [2.75, 3.05) is 24.7 Å². The van der Waals surface area contributed by atoms with E-state index < -0.39 is 0 Å². The van der Waals surface area contributed by atoms with Gasteiger partial charge in [-0.3, -0.25) is 0 Å². The average Bonchev–Trinajstić information content (AvgIpc) is 2.38. The molecule has 0 aromatic heterocycles. The highest BCUT2D eigenvalue weighted by atomic mass is 79.9. The molecule has 2 rings (SSSR count). The Morgan fingerprint density at radius 2 is 2.26 bits per heavy atom. The van der Waals surface area contributed by atoms with Crippen molar-refractivity contribution in [3.63, 3.8) is 0 Å². The van der Waals surface area contributed by atoms with Gasteiger partial charge >= 0.3 is 0 Å². The summed E-state index contributed by atoms with van der Waals surface area (Å²) in [4.78, 5) is 2.23. The molecule has 0 atom stereocenters. The van der Waals surface area contributed by atoms with Gasteiger partial charge in [-0.15, -0.1) is 0 Å². The molecule has 0 aliphatic carbocycles. The van der Waals surface area contributed by atoms with Crippen LogP contribution in [0.5, 0.6) is 0 Å². The third-order valence-corrected chi connectivity index (χ3v) is 3.77. The molecule has 1 fully saturated rings. The number of nitrogens with two attached hydrogens (primary N) is 1. The minimum Gasteiger partial charge on any atom is -0.409 e. The van der Waals surface area contributed by atoms with E-state index in [1.807, 2.05) is 18.2 Å². The van der Waals surface area contributed by atoms with Crippen LogP contribution in [-0.2, 0) is 4.74 Å². The Balaban J connectivity index is 2.49. The highest BCUT2D eigenvalue weighted by Crippen LogP contribution is 2.31. The monoisotopic (exact) mass is 327 g/mol. The molecule has 1 aliphatic heterocycles. The van der Waals surface area contributed by atoms with Gasteiger partial charge in [0.05, 0.1) is 18.8 Å². The number of halogens is 1. The molecule has 19 heavy (non-hydrogen) atoms. The minimum absolute atomic E-state index is 0.110. The van der Waals surface area contributed by atoms with Gasteiger partial charge in [0.2, 0.25) is 0 Å². The molecule has 0 amide bonds. The van der Waals surface area contributed by atoms with Gasteiger partial charge in [-0.25, -0.2) is 0 Å². The first kappa shape index (κ1) is 14.1. The fraction of sp³-hybridized carbons (Fsp3) is 0.462. The first-order valence-electron chi connectivity index (χ1n) is 6.08. The van der Waals surface area contributed by atoms with E-state index in [0.717, 1.165) is 16.7 Å². The van der Waals surface area contributed by atoms with Gasteiger partial charge in [0.1, 0.15) is 0 Å². The Hall–Kier alpha value is -1.27. The zero-order valence-electron chi connectivity index (χ0n) is 11.1. The Morgan fingerprint density at radius 3 is 2.89 bits per heavy atom. The number of benzene rings is 1. The van der Waals surface area contributed by atoms with E-state index in [9.17, 15) is 0 Å². The molecular weight excluding hydrogens is 310 g/mol. The summed E-state index contributed by atoms with van der Waals surface area (Å²) in [5, 5.41) is 12.1. The number of anilines is 1. The van der Waals surface area contributed by atoms with Gasteiger partial charge in [0.25, 0.3) is 0 Å². The largest absolute Gasteiger partial charge is 0.409 e. The summed E-state index contributed by atoms with van der Waals surface area (Å²) in [6.45, 7) is 6.34. The summed E-state index contributed by atoms with van der Waals surface area (Å²) >= 11 is 3.41. The number of hydrogen-bond donors (Lipinski definition) is 2. The van der Waals surface area contributed by atoms with Crippen molar-refractivity contribution in [3.8, 4) is 0 Å². The summed E-state index contributed by atoms with van der Waals surface area (Å²) in [6, 6.07) is 5.79. The summed E-state index contributed by atoms with van der Waals surface area (Å²) in [6.07, 6.45) is 0. The van der Waals surface area contributed by atoms with E-state index in [0.29, 0.717) is 18.8 Å². The highest BCUT2D eigenvalue weighted by Gasteiger charge is 2.32. The summed E-state index contributed by atoms with van der Waals surface area (Å²) < 4.78 is 6.42. The van der Waals surface area contributed by atoms with E-state index in [2.05, 4.69) is 39.8 Å². The van der Waals surface area contributed by atoms with Gasteiger partial charge in [-0.2, -0.15) is 0 Å². The van der Waals surface area contributed by atoms with E-state index in [1.165, 1.54) is 0 Å². The number of nitrogens with zero attached hydrogens (tertiary/aromatic N) is 2. The van der Waals surface area contributed by atoms with Crippen molar-refractivity contribution in [2.24, 2.45) is 10.9 Å². The standard InChI is InChI=1S/C13H18BrN3O2/c1-13(2)8-19-6-5-17(13)11-4-3-9(14)7-10(11)12(15)16-18/h3-4,7,18H,5-6,8H2,1-2H3,(H2,15,16). The zero-order valence-corrected chi connectivity index (χ0v) is 12.6. The number of rotatable bonds is 2. The topological polar surface area (TPSA) is 71.1 Å². The molecule has 1 aliphatic rings. The molecule has 0 radical (unpaired) electrons. The number of morpholine rings is 1. The van der Waals surface area contributed by atoms with Crippen LogP contribution in [0.15, 0.2) is 27.8 Å². The lowest BCUT2D eigenvalue weighted by Gasteiger charge is -2.44. The van der Waals surface area contributed by atoms with Crippen LogP contribution < -0.4 is 10.6 Å². The van der Waals surface area contributed by atoms with Crippen molar-refractivity contribution in [2.45, 2.75) is 19.4 Å². The minimum atomic E-state index is -0.128. The molecule has 1 aromatic rings. The molecule has 3 N–H and O–H groups in total. The molecule has 0 bridgehead atoms. The number of amidine groups is 1. The number of ether oxygens (including phenoxy) is 1. The van der Waals surface area contributed by atoms with Crippen molar-refractivity contribution in [3.05, 3.63) is 28.2 Å². The predicted molar refractivity (Wildman–Crippen MR) is 78.9 cm³/mol. The van der Waals surface area contributed by atoms with Crippen LogP contribution in [0.3, 0.4) is 0 Å². The van der Waals surface area contributed by atoms with E-state index in [-0.39, 0.29) is 11.4 Å². The smallest absolute Gasteiger partial charge is 0.172 e. The lowest BCUT2D eigenvalue weighted by atomic mass is 9.99. The van der Waals surface area contributed by atoms with E-state index in [4.69, 9.17) is 15.7 Å². The fourth-order valence-corrected chi connectivity index (χ4v) is 2.67. The normalized spacial score (nSPS) is 19.5. The molecule has 1 heterocycles. The van der Waals surface area contributed by atoms with E-state index >= 15 is 0 Å². The number of hydrogen-bond acceptors (Lipinski definition) is 4. The molecule has 1 aromatic carbocycles. The van der Waals surface area contributed by atoms with Gasteiger partial charge in [-0.05, 0) is 32.0 Å². The fourth-order valence-electron chi connectivity index (χ4n) is 2.31. The SMILES string of the molecule is CC1(C)COCCN1c1ccc(Br)cc1/C(N)=N/O.